The van der Waals surface area contributed by atoms with Crippen molar-refractivity contribution in [1.29, 1.82) is 0 Å². The van der Waals surface area contributed by atoms with Gasteiger partial charge in [-0.25, -0.2) is 13.2 Å². The molecule has 1 aromatic rings. The second-order valence-corrected chi connectivity index (χ2v) is 5.82. The minimum atomic E-state index is -1.38. The second-order valence-electron chi connectivity index (χ2n) is 5.82. The minimum absolute atomic E-state index is 0.551. The van der Waals surface area contributed by atoms with E-state index in [0.717, 1.165) is 30.9 Å². The summed E-state index contributed by atoms with van der Waals surface area (Å²) in [6.07, 6.45) is 9.37. The van der Waals surface area contributed by atoms with Crippen molar-refractivity contribution in [1.82, 2.24) is 0 Å². The van der Waals surface area contributed by atoms with Gasteiger partial charge in [-0.15, -0.1) is 6.58 Å². The summed E-state index contributed by atoms with van der Waals surface area (Å²) in [7, 11) is 0. The molecular formula is C17H21F3. The maximum Gasteiger partial charge on any atom is 0.194 e. The van der Waals surface area contributed by atoms with Crippen LogP contribution in [0, 0.1) is 29.3 Å². The summed E-state index contributed by atoms with van der Waals surface area (Å²) in [5.74, 6) is -2.18. The van der Waals surface area contributed by atoms with Gasteiger partial charge < -0.3 is 0 Å². The lowest BCUT2D eigenvalue weighted by molar-refractivity contribution is 0.265. The van der Waals surface area contributed by atoms with E-state index in [9.17, 15) is 13.2 Å². The zero-order chi connectivity index (χ0) is 14.5. The highest BCUT2D eigenvalue weighted by Gasteiger charge is 2.20. The molecule has 3 heteroatoms. The molecule has 110 valence electrons. The van der Waals surface area contributed by atoms with E-state index < -0.39 is 17.5 Å². The van der Waals surface area contributed by atoms with E-state index in [-0.39, 0.29) is 0 Å². The molecule has 0 heterocycles. The van der Waals surface area contributed by atoms with Crippen LogP contribution in [0.15, 0.2) is 24.8 Å². The molecular weight excluding hydrogens is 261 g/mol. The summed E-state index contributed by atoms with van der Waals surface area (Å²) in [6.45, 7) is 3.77. The van der Waals surface area contributed by atoms with Crippen LogP contribution in [0.1, 0.15) is 44.1 Å². The van der Waals surface area contributed by atoms with Crippen LogP contribution in [0.2, 0.25) is 0 Å². The smallest absolute Gasteiger partial charge is 0.194 e. The molecule has 0 unspecified atom stereocenters. The zero-order valence-corrected chi connectivity index (χ0v) is 11.7. The van der Waals surface area contributed by atoms with Gasteiger partial charge in [0, 0.05) is 0 Å². The largest absolute Gasteiger partial charge is 0.204 e. The molecule has 1 saturated carbocycles. The monoisotopic (exact) mass is 282 g/mol. The lowest BCUT2D eigenvalue weighted by Crippen LogP contribution is -2.14. The van der Waals surface area contributed by atoms with Gasteiger partial charge in [0.2, 0.25) is 0 Å². The first kappa shape index (κ1) is 15.1. The number of benzene rings is 1. The molecule has 1 aliphatic carbocycles. The van der Waals surface area contributed by atoms with Crippen LogP contribution in [0.25, 0.3) is 0 Å². The predicted octanol–water partition coefficient (Wildman–Crippen LogP) is 5.42. The Morgan fingerprint density at radius 1 is 1.00 bits per heavy atom. The molecule has 0 nitrogen and oxygen atoms in total. The molecule has 0 aromatic heterocycles. The molecule has 0 N–H and O–H groups in total. The van der Waals surface area contributed by atoms with Gasteiger partial charge in [0.25, 0.3) is 0 Å². The second kappa shape index (κ2) is 6.96. The van der Waals surface area contributed by atoms with Gasteiger partial charge in [-0.2, -0.15) is 0 Å². The molecule has 0 aliphatic heterocycles. The average Bonchev–Trinajstić information content (AvgIpc) is 2.44. The fourth-order valence-corrected chi connectivity index (χ4v) is 3.11. The van der Waals surface area contributed by atoms with Crippen molar-refractivity contribution in [2.75, 3.05) is 0 Å². The molecule has 0 atom stereocenters. The van der Waals surface area contributed by atoms with E-state index in [1.807, 2.05) is 6.08 Å². The SMILES string of the molecule is C=CCC1CCC(CCc2cc(F)c(F)c(F)c2)CC1. The first-order chi connectivity index (χ1) is 9.60. The standard InChI is InChI=1S/C17H21F3/c1-2-3-12-4-6-13(7-5-12)8-9-14-10-15(18)17(20)16(19)11-14/h2,10-13H,1,3-9H2. The van der Waals surface area contributed by atoms with Crippen LogP contribution in [-0.4, -0.2) is 0 Å². The fraction of sp³-hybridized carbons (Fsp3) is 0.529. The van der Waals surface area contributed by atoms with E-state index in [2.05, 4.69) is 6.58 Å². The molecule has 20 heavy (non-hydrogen) atoms. The normalized spacial score (nSPS) is 22.8. The fourth-order valence-electron chi connectivity index (χ4n) is 3.11. The number of halogens is 3. The Bertz CT molecular complexity index is 436. The van der Waals surface area contributed by atoms with E-state index >= 15 is 0 Å². The van der Waals surface area contributed by atoms with Crippen molar-refractivity contribution in [2.24, 2.45) is 11.8 Å². The molecule has 0 saturated heterocycles. The summed E-state index contributed by atoms with van der Waals surface area (Å²) >= 11 is 0. The Labute approximate surface area is 118 Å². The zero-order valence-electron chi connectivity index (χ0n) is 11.7. The topological polar surface area (TPSA) is 0 Å². The highest BCUT2D eigenvalue weighted by Crippen LogP contribution is 2.33. The van der Waals surface area contributed by atoms with Crippen LogP contribution in [-0.2, 0) is 6.42 Å². The lowest BCUT2D eigenvalue weighted by atomic mass is 9.78. The minimum Gasteiger partial charge on any atom is -0.204 e. The third-order valence-corrected chi connectivity index (χ3v) is 4.35. The highest BCUT2D eigenvalue weighted by atomic mass is 19.2. The van der Waals surface area contributed by atoms with Crippen LogP contribution in [0.4, 0.5) is 13.2 Å². The van der Waals surface area contributed by atoms with Gasteiger partial charge in [0.15, 0.2) is 17.5 Å². The van der Waals surface area contributed by atoms with E-state index in [4.69, 9.17) is 0 Å². The van der Waals surface area contributed by atoms with Crippen molar-refractivity contribution in [3.8, 4) is 0 Å². The van der Waals surface area contributed by atoms with Crippen molar-refractivity contribution in [2.45, 2.75) is 44.9 Å². The average molecular weight is 282 g/mol. The van der Waals surface area contributed by atoms with Gasteiger partial charge in [-0.3, -0.25) is 0 Å². The Morgan fingerprint density at radius 2 is 1.55 bits per heavy atom. The molecule has 0 bridgehead atoms. The van der Waals surface area contributed by atoms with Gasteiger partial charge >= 0.3 is 0 Å². The van der Waals surface area contributed by atoms with Crippen molar-refractivity contribution >= 4 is 0 Å². The lowest BCUT2D eigenvalue weighted by Gasteiger charge is -2.27. The molecule has 0 radical (unpaired) electrons. The van der Waals surface area contributed by atoms with E-state index in [1.165, 1.54) is 25.7 Å². The number of allylic oxidation sites excluding steroid dienone is 1. The summed E-state index contributed by atoms with van der Waals surface area (Å²) in [6, 6.07) is 2.23. The van der Waals surface area contributed by atoms with Crippen LogP contribution in [0.3, 0.4) is 0 Å². The predicted molar refractivity (Wildman–Crippen MR) is 74.9 cm³/mol. The van der Waals surface area contributed by atoms with E-state index in [0.29, 0.717) is 17.9 Å². The molecule has 0 amide bonds. The Morgan fingerprint density at radius 3 is 2.10 bits per heavy atom. The third kappa shape index (κ3) is 3.87. The number of rotatable bonds is 5. The first-order valence-electron chi connectivity index (χ1n) is 7.34. The molecule has 2 rings (SSSR count). The Kier molecular flexibility index (Phi) is 5.27. The third-order valence-electron chi connectivity index (χ3n) is 4.35. The molecule has 0 spiro atoms. The summed E-state index contributed by atoms with van der Waals surface area (Å²) < 4.78 is 39.1. The van der Waals surface area contributed by atoms with Gasteiger partial charge in [-0.05, 0) is 61.6 Å². The van der Waals surface area contributed by atoms with Crippen molar-refractivity contribution < 1.29 is 13.2 Å². The molecule has 1 aromatic carbocycles. The Balaban J connectivity index is 1.83. The number of hydrogen-bond acceptors (Lipinski definition) is 0. The van der Waals surface area contributed by atoms with Gasteiger partial charge in [0.1, 0.15) is 0 Å². The van der Waals surface area contributed by atoms with Crippen molar-refractivity contribution in [3.05, 3.63) is 47.8 Å². The molecule has 1 fully saturated rings. The van der Waals surface area contributed by atoms with Crippen LogP contribution in [0.5, 0.6) is 0 Å². The van der Waals surface area contributed by atoms with Crippen LogP contribution >= 0.6 is 0 Å². The van der Waals surface area contributed by atoms with Gasteiger partial charge in [0.05, 0.1) is 0 Å². The summed E-state index contributed by atoms with van der Waals surface area (Å²) in [5.41, 5.74) is 0.551. The summed E-state index contributed by atoms with van der Waals surface area (Å²) in [5, 5.41) is 0. The van der Waals surface area contributed by atoms with E-state index in [1.54, 1.807) is 0 Å². The van der Waals surface area contributed by atoms with Gasteiger partial charge in [-0.1, -0.05) is 18.9 Å². The first-order valence-corrected chi connectivity index (χ1v) is 7.34. The van der Waals surface area contributed by atoms with Crippen LogP contribution < -0.4 is 0 Å². The molecule has 1 aliphatic rings. The maximum atomic E-state index is 13.1. The quantitative estimate of drug-likeness (QED) is 0.499. The highest BCUT2D eigenvalue weighted by molar-refractivity contribution is 5.19. The summed E-state index contributed by atoms with van der Waals surface area (Å²) in [4.78, 5) is 0. The maximum absolute atomic E-state index is 13.1. The number of hydrogen-bond donors (Lipinski definition) is 0. The van der Waals surface area contributed by atoms with Crippen molar-refractivity contribution in [3.63, 3.8) is 0 Å². The number of aryl methyl sites for hydroxylation is 1. The Hall–Kier alpha value is -1.25.